The van der Waals surface area contributed by atoms with Crippen LogP contribution in [0.1, 0.15) is 38.4 Å². The largest absolute Gasteiger partial charge is 0.309 e. The molecule has 2 heterocycles. The van der Waals surface area contributed by atoms with E-state index in [1.807, 2.05) is 0 Å². The molecule has 8 aromatic carbocycles. The van der Waals surface area contributed by atoms with Crippen LogP contribution in [0.3, 0.4) is 0 Å². The molecule has 2 aromatic heterocycles. The number of hydrogen-bond donors (Lipinski definition) is 0. The summed E-state index contributed by atoms with van der Waals surface area (Å²) < 4.78 is 253. The van der Waals surface area contributed by atoms with E-state index in [4.69, 9.17) is 30.2 Å². The lowest BCUT2D eigenvalue weighted by Gasteiger charge is -2.12. The fraction of sp³-hybridized carbons (Fsp3) is 0. The van der Waals surface area contributed by atoms with Gasteiger partial charge in [0, 0.05) is 32.3 Å². The van der Waals surface area contributed by atoms with Crippen molar-refractivity contribution in [2.75, 3.05) is 0 Å². The summed E-state index contributed by atoms with van der Waals surface area (Å²) in [5.41, 5.74) is -5.62. The van der Waals surface area contributed by atoms with Crippen molar-refractivity contribution in [1.82, 2.24) is 9.13 Å². The SMILES string of the molecule is [2H]c1c([2H])c([2H])c2c(-n3c4c([2H])c([2H])c([2H])c([2H])c4c4c([2H])c(-c5c([2H])c([2H])c6c(c5[2H])c5c([2H])c([2H])c([2H])c([2H])c5n6-c5c([2H])c([2H])c([2H])c6c([2H])c([2H])c([2H])c([2H])c56)c([2H])c([2H])c43)c([2H])c([2H])c([2H])c2c1[2H]. The van der Waals surface area contributed by atoms with Gasteiger partial charge in [0.15, 0.2) is 0 Å². The molecule has 0 amide bonds. The summed E-state index contributed by atoms with van der Waals surface area (Å²) in [6.07, 6.45) is 0. The summed E-state index contributed by atoms with van der Waals surface area (Å²) >= 11 is 0. The fourth-order valence-electron chi connectivity index (χ4n) is 5.66. The van der Waals surface area contributed by atoms with Gasteiger partial charge in [-0.3, -0.25) is 0 Å². The minimum Gasteiger partial charge on any atom is -0.309 e. The van der Waals surface area contributed by atoms with Crippen LogP contribution in [-0.2, 0) is 0 Å². The smallest absolute Gasteiger partial charge is 0.0645 e. The van der Waals surface area contributed by atoms with Crippen LogP contribution in [0.4, 0.5) is 0 Å². The van der Waals surface area contributed by atoms with Crippen LogP contribution >= 0.6 is 0 Å². The van der Waals surface area contributed by atoms with Crippen LogP contribution in [-0.4, -0.2) is 9.13 Å². The van der Waals surface area contributed by atoms with Crippen LogP contribution in [0.25, 0.3) is 87.7 Å². The molecule has 46 heavy (non-hydrogen) atoms. The predicted octanol–water partition coefficient (Wildman–Crippen LogP) is 11.9. The highest BCUT2D eigenvalue weighted by atomic mass is 15.0. The monoisotopic (exact) mass is 612 g/mol. The summed E-state index contributed by atoms with van der Waals surface area (Å²) in [6, 6.07) is -25.2. The second-order valence-electron chi connectivity index (χ2n) is 10.0. The van der Waals surface area contributed by atoms with E-state index in [-0.39, 0.29) is 0 Å². The molecule has 10 rings (SSSR count). The number of rotatable bonds is 3. The van der Waals surface area contributed by atoms with Crippen LogP contribution in [0.5, 0.6) is 0 Å². The number of nitrogens with zero attached hydrogens (tertiary/aromatic N) is 2. The van der Waals surface area contributed by atoms with Crippen molar-refractivity contribution in [3.8, 4) is 22.5 Å². The quantitative estimate of drug-likeness (QED) is 0.188. The molecule has 0 aliphatic heterocycles. The first-order valence-electron chi connectivity index (χ1n) is 27.6. The molecular weight excluding hydrogens is 556 g/mol. The van der Waals surface area contributed by atoms with E-state index >= 15 is 0 Å². The molecule has 0 unspecified atom stereocenters. The summed E-state index contributed by atoms with van der Waals surface area (Å²) in [6.45, 7) is 0. The zero-order valence-electron chi connectivity index (χ0n) is 50.9. The van der Waals surface area contributed by atoms with Gasteiger partial charge in [-0.2, -0.15) is 0 Å². The summed E-state index contributed by atoms with van der Waals surface area (Å²) in [4.78, 5) is 0. The van der Waals surface area contributed by atoms with Gasteiger partial charge in [0.25, 0.3) is 0 Å². The Kier molecular flexibility index (Phi) is 2.15. The zero-order valence-corrected chi connectivity index (χ0v) is 22.9. The van der Waals surface area contributed by atoms with Crippen molar-refractivity contribution in [1.29, 1.82) is 0 Å². The number of hydrogen-bond acceptors (Lipinski definition) is 0. The Morgan fingerprint density at radius 3 is 1.15 bits per heavy atom. The van der Waals surface area contributed by atoms with Gasteiger partial charge in [-0.15, -0.1) is 0 Å². The van der Waals surface area contributed by atoms with Gasteiger partial charge in [-0.25, -0.2) is 0 Å². The van der Waals surface area contributed by atoms with Gasteiger partial charge >= 0.3 is 0 Å². The molecule has 10 aromatic rings. The molecule has 0 radical (unpaired) electrons. The van der Waals surface area contributed by atoms with Gasteiger partial charge in [0.05, 0.1) is 71.8 Å². The molecule has 0 spiro atoms. The molecule has 0 bridgehead atoms. The lowest BCUT2D eigenvalue weighted by atomic mass is 10.0. The molecule has 2 nitrogen and oxygen atoms in total. The van der Waals surface area contributed by atoms with E-state index in [1.54, 1.807) is 0 Å². The third-order valence-corrected chi connectivity index (χ3v) is 7.60. The molecule has 0 N–H and O–H groups in total. The first-order chi connectivity index (χ1) is 34.5. The van der Waals surface area contributed by atoms with Gasteiger partial charge < -0.3 is 9.13 Å². The molecular formula is C44H28N2. The summed E-state index contributed by atoms with van der Waals surface area (Å²) in [7, 11) is 0. The Hall–Kier alpha value is -6.12. The first-order valence-corrected chi connectivity index (χ1v) is 13.6. The molecule has 0 saturated carbocycles. The minimum atomic E-state index is -1.05. The third-order valence-electron chi connectivity index (χ3n) is 7.60. The van der Waals surface area contributed by atoms with E-state index in [9.17, 15) is 8.22 Å². The van der Waals surface area contributed by atoms with Gasteiger partial charge in [0.2, 0.25) is 0 Å². The van der Waals surface area contributed by atoms with Crippen LogP contribution in [0.2, 0.25) is 0 Å². The van der Waals surface area contributed by atoms with E-state index in [2.05, 4.69) is 0 Å². The first kappa shape index (κ1) is 10.2. The van der Waals surface area contributed by atoms with Crippen molar-refractivity contribution in [3.63, 3.8) is 0 Å². The molecule has 2 heteroatoms. The zero-order chi connectivity index (χ0) is 54.6. The van der Waals surface area contributed by atoms with Crippen LogP contribution in [0.15, 0.2) is 169 Å². The van der Waals surface area contributed by atoms with Gasteiger partial charge in [0.1, 0.15) is 0 Å². The van der Waals surface area contributed by atoms with Crippen molar-refractivity contribution in [2.45, 2.75) is 0 Å². The Morgan fingerprint density at radius 1 is 0.304 bits per heavy atom. The Balaban J connectivity index is 1.46. The van der Waals surface area contributed by atoms with Crippen molar-refractivity contribution >= 4 is 65.2 Å². The second-order valence-corrected chi connectivity index (χ2v) is 10.0. The lowest BCUT2D eigenvalue weighted by molar-refractivity contribution is 1.20. The van der Waals surface area contributed by atoms with E-state index < -0.39 is 257 Å². The number of para-hydroxylation sites is 2. The highest BCUT2D eigenvalue weighted by Gasteiger charge is 2.17. The predicted molar refractivity (Wildman–Crippen MR) is 196 cm³/mol. The Bertz CT molecular complexity index is 4100. The average molecular weight is 613 g/mol. The summed E-state index contributed by atoms with van der Waals surface area (Å²) in [5, 5.41) is -4.78. The van der Waals surface area contributed by atoms with Gasteiger partial charge in [-0.1, -0.05) is 121 Å². The van der Waals surface area contributed by atoms with Crippen molar-refractivity contribution in [2.24, 2.45) is 0 Å². The summed E-state index contributed by atoms with van der Waals surface area (Å²) in [5.74, 6) is 0. The molecule has 0 saturated heterocycles. The number of fused-ring (bicyclic) bond motifs is 8. The van der Waals surface area contributed by atoms with E-state index in [0.29, 0.717) is 0 Å². The average Bonchev–Trinajstić information content (AvgIpc) is 3.92. The molecule has 0 aliphatic rings. The molecule has 214 valence electrons. The molecule has 0 aliphatic carbocycles. The maximum atomic E-state index is 9.86. The maximum Gasteiger partial charge on any atom is 0.0645 e. The highest BCUT2D eigenvalue weighted by molar-refractivity contribution is 6.14. The van der Waals surface area contributed by atoms with Crippen LogP contribution < -0.4 is 0 Å². The van der Waals surface area contributed by atoms with Gasteiger partial charge in [-0.05, 0) is 70.2 Å². The fourth-order valence-corrected chi connectivity index (χ4v) is 5.66. The Morgan fingerprint density at radius 2 is 0.674 bits per heavy atom. The van der Waals surface area contributed by atoms with Crippen molar-refractivity contribution in [3.05, 3.63) is 169 Å². The normalized spacial score (nSPS) is 20.4. The van der Waals surface area contributed by atoms with Crippen LogP contribution in [0, 0.1) is 0 Å². The number of benzene rings is 8. The van der Waals surface area contributed by atoms with Crippen molar-refractivity contribution < 1.29 is 38.4 Å². The highest BCUT2D eigenvalue weighted by Crippen LogP contribution is 2.39. The maximum absolute atomic E-state index is 9.86. The lowest BCUT2D eigenvalue weighted by Crippen LogP contribution is -1.95. The minimum absolute atomic E-state index is 0.583. The third kappa shape index (κ3) is 3.59. The number of aromatic nitrogens is 2. The topological polar surface area (TPSA) is 9.86 Å². The molecule has 0 atom stereocenters. The standard InChI is InChI=1S/C44H28N2/c1-3-15-33-29(11-1)13-9-21-39(33)45-41-19-7-5-17-35(41)37-27-31(23-25-43(37)45)32-24-26-44-38(28-32)36-18-6-8-20-42(36)46(44)40-22-10-14-30-12-2-4-16-34(30)40/h1-28H/i1D,2D,3D,4D,5D,6D,7D,8D,9D,10D,11D,12D,13D,14D,15D,16D,17D,18D,19D,20D,21D,22D,23D,24D,25D,26D,27D,28D. The molecule has 0 fully saturated rings. The van der Waals surface area contributed by atoms with E-state index in [1.165, 1.54) is 0 Å². The Labute approximate surface area is 305 Å². The van der Waals surface area contributed by atoms with E-state index in [0.717, 1.165) is 9.13 Å². The second kappa shape index (κ2) is 9.69.